The van der Waals surface area contributed by atoms with E-state index in [1.54, 1.807) is 0 Å². The molecule has 0 bridgehead atoms. The van der Waals surface area contributed by atoms with Gasteiger partial charge in [-0.25, -0.2) is 0 Å². The van der Waals surface area contributed by atoms with Gasteiger partial charge in [0.05, 0.1) is 6.61 Å². The summed E-state index contributed by atoms with van der Waals surface area (Å²) in [6.07, 6.45) is 1.90. The van der Waals surface area contributed by atoms with Gasteiger partial charge in [-0.3, -0.25) is 4.79 Å². The molecule has 1 aromatic rings. The second kappa shape index (κ2) is 5.81. The van der Waals surface area contributed by atoms with Crippen LogP contribution in [-0.4, -0.2) is 28.7 Å². The van der Waals surface area contributed by atoms with Crippen LogP contribution in [0.25, 0.3) is 0 Å². The summed E-state index contributed by atoms with van der Waals surface area (Å²) >= 11 is 5.15. The van der Waals surface area contributed by atoms with Crippen LogP contribution < -0.4 is 5.73 Å². The Labute approximate surface area is 99.6 Å². The Bertz CT molecular complexity index is 408. The number of aromatic amines is 1. The van der Waals surface area contributed by atoms with E-state index < -0.39 is 5.91 Å². The Morgan fingerprint density at radius 2 is 2.38 bits per heavy atom. The number of nitrogens with two attached hydrogens (primary N) is 1. The van der Waals surface area contributed by atoms with Crippen LogP contribution >= 0.6 is 12.2 Å². The molecule has 6 heteroatoms. The predicted octanol–water partition coefficient (Wildman–Crippen LogP) is 1.17. The zero-order valence-electron chi connectivity index (χ0n) is 9.53. The van der Waals surface area contributed by atoms with Crippen molar-refractivity contribution in [3.8, 4) is 0 Å². The second-order valence-corrected chi connectivity index (χ2v) is 4.23. The Balaban J connectivity index is 2.56. The molecule has 90 valence electrons. The van der Waals surface area contributed by atoms with E-state index in [1.807, 2.05) is 10.8 Å². The van der Waals surface area contributed by atoms with Crippen molar-refractivity contribution in [3.05, 3.63) is 16.7 Å². The van der Waals surface area contributed by atoms with Gasteiger partial charge >= 0.3 is 0 Å². The van der Waals surface area contributed by atoms with Crippen molar-refractivity contribution >= 4 is 18.1 Å². The predicted molar refractivity (Wildman–Crippen MR) is 63.7 cm³/mol. The minimum atomic E-state index is -0.457. The number of nitrogens with one attached hydrogen (secondary N) is 1. The van der Waals surface area contributed by atoms with E-state index in [4.69, 9.17) is 22.7 Å². The van der Waals surface area contributed by atoms with Gasteiger partial charge in [0.15, 0.2) is 4.77 Å². The number of hydrogen-bond donors (Lipinski definition) is 2. The zero-order valence-corrected chi connectivity index (χ0v) is 10.3. The van der Waals surface area contributed by atoms with Gasteiger partial charge in [0.25, 0.3) is 0 Å². The van der Waals surface area contributed by atoms with Crippen molar-refractivity contribution in [3.63, 3.8) is 0 Å². The first-order valence-corrected chi connectivity index (χ1v) is 5.57. The molecule has 0 atom stereocenters. The summed E-state index contributed by atoms with van der Waals surface area (Å²) in [5.41, 5.74) is 6.09. The van der Waals surface area contributed by atoms with Crippen LogP contribution in [0.3, 0.4) is 0 Å². The molecule has 1 rings (SSSR count). The van der Waals surface area contributed by atoms with Gasteiger partial charge in [-0.05, 0) is 18.1 Å². The number of rotatable bonds is 6. The SMILES string of the molecule is CC(C)c1c[nH]c(=S)n1CCOCC(N)=O. The first-order chi connectivity index (χ1) is 7.52. The molecule has 0 aliphatic carbocycles. The monoisotopic (exact) mass is 243 g/mol. The van der Waals surface area contributed by atoms with Crippen LogP contribution in [0.2, 0.25) is 0 Å². The average molecular weight is 243 g/mol. The Hall–Kier alpha value is -1.14. The number of nitrogens with zero attached hydrogens (tertiary/aromatic N) is 1. The molecular formula is C10H17N3O2S. The first kappa shape index (κ1) is 12.9. The molecule has 0 aliphatic heterocycles. The highest BCUT2D eigenvalue weighted by molar-refractivity contribution is 7.71. The van der Waals surface area contributed by atoms with Crippen molar-refractivity contribution in [1.29, 1.82) is 0 Å². The zero-order chi connectivity index (χ0) is 12.1. The summed E-state index contributed by atoms with van der Waals surface area (Å²) < 4.78 is 7.75. The summed E-state index contributed by atoms with van der Waals surface area (Å²) in [7, 11) is 0. The second-order valence-electron chi connectivity index (χ2n) is 3.84. The molecule has 0 aliphatic rings. The molecule has 1 heterocycles. The number of carbonyl (C=O) groups is 1. The fourth-order valence-corrected chi connectivity index (χ4v) is 1.70. The Kier molecular flexibility index (Phi) is 4.70. The number of ether oxygens (including phenoxy) is 1. The highest BCUT2D eigenvalue weighted by Gasteiger charge is 2.07. The number of aromatic nitrogens is 2. The number of H-pyrrole nitrogens is 1. The molecule has 0 unspecified atom stereocenters. The van der Waals surface area contributed by atoms with Crippen LogP contribution in [0.1, 0.15) is 25.5 Å². The maximum atomic E-state index is 10.5. The lowest BCUT2D eigenvalue weighted by atomic mass is 10.1. The van der Waals surface area contributed by atoms with Gasteiger partial charge in [0, 0.05) is 18.4 Å². The van der Waals surface area contributed by atoms with E-state index in [1.165, 1.54) is 0 Å². The lowest BCUT2D eigenvalue weighted by Gasteiger charge is -2.10. The molecule has 1 amide bonds. The maximum absolute atomic E-state index is 10.5. The van der Waals surface area contributed by atoms with Crippen molar-refractivity contribution < 1.29 is 9.53 Å². The van der Waals surface area contributed by atoms with Crippen LogP contribution in [0, 0.1) is 4.77 Å². The third kappa shape index (κ3) is 3.46. The number of primary amides is 1. The fourth-order valence-electron chi connectivity index (χ4n) is 1.45. The van der Waals surface area contributed by atoms with E-state index in [2.05, 4.69) is 18.8 Å². The minimum Gasteiger partial charge on any atom is -0.370 e. The molecule has 0 aromatic carbocycles. The highest BCUT2D eigenvalue weighted by Crippen LogP contribution is 2.14. The summed E-state index contributed by atoms with van der Waals surface area (Å²) in [5.74, 6) is -0.0640. The lowest BCUT2D eigenvalue weighted by molar-refractivity contribution is -0.122. The van der Waals surface area contributed by atoms with Gasteiger partial charge in [-0.1, -0.05) is 13.8 Å². The fraction of sp³-hybridized carbons (Fsp3) is 0.600. The maximum Gasteiger partial charge on any atom is 0.243 e. The lowest BCUT2D eigenvalue weighted by Crippen LogP contribution is -2.20. The third-order valence-corrected chi connectivity index (χ3v) is 2.53. The van der Waals surface area contributed by atoms with E-state index in [-0.39, 0.29) is 6.61 Å². The van der Waals surface area contributed by atoms with Crippen LogP contribution in [0.5, 0.6) is 0 Å². The number of amides is 1. The summed E-state index contributed by atoms with van der Waals surface area (Å²) in [6, 6.07) is 0. The Morgan fingerprint density at radius 1 is 1.69 bits per heavy atom. The minimum absolute atomic E-state index is 0.0469. The molecular weight excluding hydrogens is 226 g/mol. The van der Waals surface area contributed by atoms with Gasteiger partial charge in [-0.2, -0.15) is 0 Å². The van der Waals surface area contributed by atoms with E-state index >= 15 is 0 Å². The summed E-state index contributed by atoms with van der Waals surface area (Å²) in [6.45, 7) is 5.20. The van der Waals surface area contributed by atoms with Gasteiger partial charge in [-0.15, -0.1) is 0 Å². The quantitative estimate of drug-likeness (QED) is 0.582. The molecule has 0 saturated carbocycles. The normalized spacial score (nSPS) is 10.9. The van der Waals surface area contributed by atoms with Crippen LogP contribution in [-0.2, 0) is 16.1 Å². The average Bonchev–Trinajstić information content (AvgIpc) is 2.54. The number of imidazole rings is 1. The molecule has 5 nitrogen and oxygen atoms in total. The topological polar surface area (TPSA) is 73.0 Å². The summed E-state index contributed by atoms with van der Waals surface area (Å²) in [5, 5.41) is 0. The summed E-state index contributed by atoms with van der Waals surface area (Å²) in [4.78, 5) is 13.5. The van der Waals surface area contributed by atoms with Gasteiger partial charge in [0.2, 0.25) is 5.91 Å². The molecule has 3 N–H and O–H groups in total. The van der Waals surface area contributed by atoms with Crippen LogP contribution in [0.15, 0.2) is 6.20 Å². The molecule has 1 aromatic heterocycles. The van der Waals surface area contributed by atoms with Crippen molar-refractivity contribution in [1.82, 2.24) is 9.55 Å². The number of hydrogen-bond acceptors (Lipinski definition) is 3. The third-order valence-electron chi connectivity index (χ3n) is 2.20. The smallest absolute Gasteiger partial charge is 0.243 e. The van der Waals surface area contributed by atoms with E-state index in [0.29, 0.717) is 23.8 Å². The van der Waals surface area contributed by atoms with Gasteiger partial charge in [0.1, 0.15) is 6.61 Å². The van der Waals surface area contributed by atoms with E-state index in [0.717, 1.165) is 5.69 Å². The standard InChI is InChI=1S/C10H17N3O2S/c1-7(2)8-5-12-10(16)13(8)3-4-15-6-9(11)14/h5,7H,3-4,6H2,1-2H3,(H2,11,14)(H,12,16). The largest absolute Gasteiger partial charge is 0.370 e. The highest BCUT2D eigenvalue weighted by atomic mass is 32.1. The van der Waals surface area contributed by atoms with Crippen molar-refractivity contribution in [2.45, 2.75) is 26.3 Å². The molecule has 0 radical (unpaired) electrons. The molecule has 16 heavy (non-hydrogen) atoms. The van der Waals surface area contributed by atoms with Crippen LogP contribution in [0.4, 0.5) is 0 Å². The first-order valence-electron chi connectivity index (χ1n) is 5.16. The Morgan fingerprint density at radius 3 is 2.94 bits per heavy atom. The molecule has 0 fully saturated rings. The number of carbonyl (C=O) groups excluding carboxylic acids is 1. The molecule has 0 saturated heterocycles. The molecule has 0 spiro atoms. The van der Waals surface area contributed by atoms with Crippen molar-refractivity contribution in [2.24, 2.45) is 5.73 Å². The van der Waals surface area contributed by atoms with Crippen molar-refractivity contribution in [2.75, 3.05) is 13.2 Å². The van der Waals surface area contributed by atoms with Gasteiger partial charge < -0.3 is 20.0 Å². The van der Waals surface area contributed by atoms with E-state index in [9.17, 15) is 4.79 Å².